The van der Waals surface area contributed by atoms with E-state index in [0.29, 0.717) is 27.9 Å². The van der Waals surface area contributed by atoms with Crippen LogP contribution >= 0.6 is 23.2 Å². The number of methoxy groups -OCH3 is 1. The zero-order valence-corrected chi connectivity index (χ0v) is 17.6. The van der Waals surface area contributed by atoms with Crippen LogP contribution in [0.25, 0.3) is 0 Å². The van der Waals surface area contributed by atoms with Gasteiger partial charge in [0.25, 0.3) is 10.0 Å². The maximum atomic E-state index is 12.0. The Morgan fingerprint density at radius 3 is 2.38 bits per heavy atom. The Morgan fingerprint density at radius 2 is 1.76 bits per heavy atom. The van der Waals surface area contributed by atoms with Crippen LogP contribution in [0.4, 0.5) is 10.5 Å². The van der Waals surface area contributed by atoms with Gasteiger partial charge in [-0.15, -0.1) is 0 Å². The number of ether oxygens (including phenoxy) is 2. The van der Waals surface area contributed by atoms with Crippen molar-refractivity contribution < 1.29 is 27.5 Å². The van der Waals surface area contributed by atoms with Gasteiger partial charge in [-0.3, -0.25) is 4.79 Å². The molecule has 0 radical (unpaired) electrons. The summed E-state index contributed by atoms with van der Waals surface area (Å²) in [5.74, 6) is 0.216. The summed E-state index contributed by atoms with van der Waals surface area (Å²) >= 11 is 11.8. The molecule has 156 valence electrons. The highest BCUT2D eigenvalue weighted by Gasteiger charge is 2.17. The van der Waals surface area contributed by atoms with Gasteiger partial charge in [0, 0.05) is 17.1 Å². The van der Waals surface area contributed by atoms with Crippen molar-refractivity contribution in [3.63, 3.8) is 0 Å². The molecular weight excluding hydrogens is 443 g/mol. The maximum absolute atomic E-state index is 12.0. The fourth-order valence-corrected chi connectivity index (χ4v) is 3.54. The molecule has 0 aliphatic rings. The number of halogens is 2. The lowest BCUT2D eigenvalue weighted by molar-refractivity contribution is -0.116. The average Bonchev–Trinajstić information content (AvgIpc) is 2.66. The third kappa shape index (κ3) is 7.12. The molecule has 29 heavy (non-hydrogen) atoms. The summed E-state index contributed by atoms with van der Waals surface area (Å²) in [6, 6.07) is 10.2. The predicted molar refractivity (Wildman–Crippen MR) is 109 cm³/mol. The minimum atomic E-state index is -4.04. The highest BCUT2D eigenvalue weighted by molar-refractivity contribution is 7.90. The third-order valence-electron chi connectivity index (χ3n) is 3.55. The van der Waals surface area contributed by atoms with Gasteiger partial charge in [0.2, 0.25) is 5.91 Å². The van der Waals surface area contributed by atoms with E-state index in [0.717, 1.165) is 7.11 Å². The molecule has 0 aromatic heterocycles. The molecule has 0 bridgehead atoms. The van der Waals surface area contributed by atoms with Crippen molar-refractivity contribution in [2.45, 2.75) is 17.7 Å². The van der Waals surface area contributed by atoms with Gasteiger partial charge in [0.05, 0.1) is 23.6 Å². The van der Waals surface area contributed by atoms with Crippen molar-refractivity contribution in [2.75, 3.05) is 19.0 Å². The quantitative estimate of drug-likeness (QED) is 0.578. The van der Waals surface area contributed by atoms with Crippen LogP contribution in [0.5, 0.6) is 5.75 Å². The molecule has 0 aliphatic carbocycles. The molecule has 2 rings (SSSR count). The highest BCUT2D eigenvalue weighted by atomic mass is 35.5. The summed E-state index contributed by atoms with van der Waals surface area (Å²) in [7, 11) is -2.99. The lowest BCUT2D eigenvalue weighted by atomic mass is 10.2. The van der Waals surface area contributed by atoms with Crippen molar-refractivity contribution in [1.82, 2.24) is 4.72 Å². The number of hydrogen-bond donors (Lipinski definition) is 2. The molecule has 0 atom stereocenters. The number of nitrogens with one attached hydrogen (secondary N) is 2. The number of anilines is 1. The molecule has 0 saturated heterocycles. The van der Waals surface area contributed by atoms with E-state index in [4.69, 9.17) is 27.9 Å². The number of hydrogen-bond acceptors (Lipinski definition) is 6. The Kier molecular flexibility index (Phi) is 8.12. The van der Waals surface area contributed by atoms with Crippen LogP contribution in [0, 0.1) is 0 Å². The normalized spacial score (nSPS) is 10.9. The Morgan fingerprint density at radius 1 is 1.07 bits per heavy atom. The van der Waals surface area contributed by atoms with Gasteiger partial charge in [0.15, 0.2) is 0 Å². The SMILES string of the molecule is COC(=O)NS(=O)(=O)c1ccc(NC(=O)CCCOc2ccc(Cl)cc2Cl)cc1. The van der Waals surface area contributed by atoms with Gasteiger partial charge < -0.3 is 14.8 Å². The molecular formula is C18H18Cl2N2O6S. The van der Waals surface area contributed by atoms with Gasteiger partial charge in [0.1, 0.15) is 5.75 Å². The summed E-state index contributed by atoms with van der Waals surface area (Å²) in [5, 5.41) is 3.53. The Hall–Kier alpha value is -2.49. The second-order valence-corrected chi connectivity index (χ2v) is 8.22. The largest absolute Gasteiger partial charge is 0.492 e. The van der Waals surface area contributed by atoms with E-state index in [1.54, 1.807) is 22.9 Å². The molecule has 2 aromatic carbocycles. The molecule has 0 fully saturated rings. The van der Waals surface area contributed by atoms with E-state index < -0.39 is 16.1 Å². The lowest BCUT2D eigenvalue weighted by Crippen LogP contribution is -2.30. The van der Waals surface area contributed by atoms with E-state index in [-0.39, 0.29) is 23.8 Å². The molecule has 0 saturated carbocycles. The minimum Gasteiger partial charge on any atom is -0.492 e. The standard InChI is InChI=1S/C18H18Cl2N2O6S/c1-27-18(24)22-29(25,26)14-7-5-13(6-8-14)21-17(23)3-2-10-28-16-9-4-12(19)11-15(16)20/h4-9,11H,2-3,10H2,1H3,(H,21,23)(H,22,24). The van der Waals surface area contributed by atoms with Gasteiger partial charge in [-0.2, -0.15) is 0 Å². The van der Waals surface area contributed by atoms with E-state index in [9.17, 15) is 18.0 Å². The average molecular weight is 461 g/mol. The first kappa shape index (κ1) is 22.8. The maximum Gasteiger partial charge on any atom is 0.420 e. The van der Waals surface area contributed by atoms with E-state index in [1.807, 2.05) is 0 Å². The molecule has 11 heteroatoms. The van der Waals surface area contributed by atoms with Crippen molar-refractivity contribution in [1.29, 1.82) is 0 Å². The van der Waals surface area contributed by atoms with Crippen molar-refractivity contribution in [2.24, 2.45) is 0 Å². The second kappa shape index (κ2) is 10.3. The zero-order chi connectivity index (χ0) is 21.4. The molecule has 2 amide bonds. The summed E-state index contributed by atoms with van der Waals surface area (Å²) < 4.78 is 35.4. The third-order valence-corrected chi connectivity index (χ3v) is 5.41. The number of amides is 2. The van der Waals surface area contributed by atoms with Crippen LogP contribution in [-0.2, 0) is 19.6 Å². The summed E-state index contributed by atoms with van der Waals surface area (Å²) in [6.07, 6.45) is -0.459. The number of carbonyl (C=O) groups excluding carboxylic acids is 2. The first-order valence-corrected chi connectivity index (χ1v) is 10.5. The van der Waals surface area contributed by atoms with Crippen LogP contribution in [0.1, 0.15) is 12.8 Å². The lowest BCUT2D eigenvalue weighted by Gasteiger charge is -2.09. The summed E-state index contributed by atoms with van der Waals surface area (Å²) in [4.78, 5) is 22.9. The first-order chi connectivity index (χ1) is 13.7. The molecule has 0 aliphatic heterocycles. The van der Waals surface area contributed by atoms with Crippen LogP contribution in [0.15, 0.2) is 47.4 Å². The Labute approximate surface area is 178 Å². The highest BCUT2D eigenvalue weighted by Crippen LogP contribution is 2.27. The first-order valence-electron chi connectivity index (χ1n) is 8.30. The molecule has 0 spiro atoms. The number of rotatable bonds is 8. The number of sulfonamides is 1. The fourth-order valence-electron chi connectivity index (χ4n) is 2.16. The van der Waals surface area contributed by atoms with Gasteiger partial charge in [-0.25, -0.2) is 17.9 Å². The predicted octanol–water partition coefficient (Wildman–Crippen LogP) is 3.84. The van der Waals surface area contributed by atoms with Gasteiger partial charge in [-0.05, 0) is 48.9 Å². The smallest absolute Gasteiger partial charge is 0.420 e. The van der Waals surface area contributed by atoms with Crippen LogP contribution in [0.3, 0.4) is 0 Å². The summed E-state index contributed by atoms with van der Waals surface area (Å²) in [5.41, 5.74) is 0.411. The minimum absolute atomic E-state index is 0.144. The van der Waals surface area contributed by atoms with Crippen LogP contribution in [0.2, 0.25) is 10.0 Å². The van der Waals surface area contributed by atoms with Crippen LogP contribution in [-0.4, -0.2) is 34.1 Å². The van der Waals surface area contributed by atoms with Crippen molar-refractivity contribution >= 4 is 50.9 Å². The van der Waals surface area contributed by atoms with Crippen molar-refractivity contribution in [3.05, 3.63) is 52.5 Å². The van der Waals surface area contributed by atoms with Crippen molar-refractivity contribution in [3.8, 4) is 5.75 Å². The molecule has 2 N–H and O–H groups in total. The number of carbonyl (C=O) groups is 2. The van der Waals surface area contributed by atoms with E-state index >= 15 is 0 Å². The topological polar surface area (TPSA) is 111 Å². The second-order valence-electron chi connectivity index (χ2n) is 5.70. The summed E-state index contributed by atoms with van der Waals surface area (Å²) in [6.45, 7) is 0.283. The molecule has 2 aromatic rings. The van der Waals surface area contributed by atoms with Gasteiger partial charge in [-0.1, -0.05) is 23.2 Å². The zero-order valence-electron chi connectivity index (χ0n) is 15.3. The van der Waals surface area contributed by atoms with Gasteiger partial charge >= 0.3 is 6.09 Å². The molecule has 8 nitrogen and oxygen atoms in total. The number of benzene rings is 2. The Balaban J connectivity index is 1.81. The Bertz CT molecular complexity index is 980. The monoisotopic (exact) mass is 460 g/mol. The van der Waals surface area contributed by atoms with Crippen LogP contribution < -0.4 is 14.8 Å². The van der Waals surface area contributed by atoms with E-state index in [2.05, 4.69) is 10.1 Å². The fraction of sp³-hybridized carbons (Fsp3) is 0.222. The van der Waals surface area contributed by atoms with E-state index in [1.165, 1.54) is 24.3 Å². The molecule has 0 unspecified atom stereocenters. The molecule has 0 heterocycles.